The van der Waals surface area contributed by atoms with Crippen molar-refractivity contribution in [3.05, 3.63) is 24.8 Å². The molecule has 2 N–H and O–H groups in total. The Labute approximate surface area is 136 Å². The molecule has 2 aliphatic carbocycles. The van der Waals surface area contributed by atoms with Gasteiger partial charge in [0, 0.05) is 0 Å². The summed E-state index contributed by atoms with van der Waals surface area (Å²) in [4.78, 5) is 0. The Balaban J connectivity index is 2.35. The Kier molecular flexibility index (Phi) is 4.68. The molecule has 0 radical (unpaired) electrons. The monoisotopic (exact) mass is 306 g/mol. The first-order valence-electron chi connectivity index (χ1n) is 8.76. The van der Waals surface area contributed by atoms with Crippen LogP contribution in [0.5, 0.6) is 0 Å². The van der Waals surface area contributed by atoms with Crippen molar-refractivity contribution < 1.29 is 10.2 Å². The summed E-state index contributed by atoms with van der Waals surface area (Å²) in [7, 11) is 0. The third kappa shape index (κ3) is 2.80. The van der Waals surface area contributed by atoms with Gasteiger partial charge in [-0.15, -0.1) is 0 Å². The third-order valence-corrected chi connectivity index (χ3v) is 6.95. The summed E-state index contributed by atoms with van der Waals surface area (Å²) in [6, 6.07) is 0. The van der Waals surface area contributed by atoms with Gasteiger partial charge in [0.25, 0.3) is 0 Å². The second kappa shape index (κ2) is 5.79. The van der Waals surface area contributed by atoms with Gasteiger partial charge in [0.05, 0.1) is 11.7 Å². The fourth-order valence-electron chi connectivity index (χ4n) is 5.59. The molecule has 0 aromatic carbocycles. The van der Waals surface area contributed by atoms with Crippen molar-refractivity contribution in [1.82, 2.24) is 0 Å². The molecular formula is C20H34O2. The molecule has 0 saturated heterocycles. The lowest BCUT2D eigenvalue weighted by atomic mass is 9.44. The van der Waals surface area contributed by atoms with Crippen LogP contribution in [0.15, 0.2) is 24.8 Å². The van der Waals surface area contributed by atoms with E-state index < -0.39 is 11.7 Å². The summed E-state index contributed by atoms with van der Waals surface area (Å²) in [6.45, 7) is 16.7. The van der Waals surface area contributed by atoms with E-state index in [1.54, 1.807) is 6.08 Å². The second-order valence-corrected chi connectivity index (χ2v) is 8.83. The largest absolute Gasteiger partial charge is 0.390 e. The van der Waals surface area contributed by atoms with E-state index in [0.717, 1.165) is 31.3 Å². The van der Waals surface area contributed by atoms with Crippen molar-refractivity contribution in [1.29, 1.82) is 0 Å². The molecule has 5 atom stereocenters. The second-order valence-electron chi connectivity index (χ2n) is 8.83. The third-order valence-electron chi connectivity index (χ3n) is 6.95. The molecule has 5 unspecified atom stereocenters. The van der Waals surface area contributed by atoms with Crippen molar-refractivity contribution in [3.63, 3.8) is 0 Å². The highest BCUT2D eigenvalue weighted by Crippen LogP contribution is 2.62. The van der Waals surface area contributed by atoms with Crippen LogP contribution in [0, 0.1) is 22.7 Å². The molecule has 0 heterocycles. The summed E-state index contributed by atoms with van der Waals surface area (Å²) in [5, 5.41) is 21.7. The van der Waals surface area contributed by atoms with Crippen LogP contribution >= 0.6 is 0 Å². The minimum absolute atomic E-state index is 0.0892. The SMILES string of the molecule is C=CC(=C)CCC1C(C)(O)C(O)CC2C(C)(C)CCCC21C. The average molecular weight is 306 g/mol. The van der Waals surface area contributed by atoms with Gasteiger partial charge in [-0.25, -0.2) is 0 Å². The molecule has 2 fully saturated rings. The lowest BCUT2D eigenvalue weighted by Gasteiger charge is -2.62. The van der Waals surface area contributed by atoms with Crippen molar-refractivity contribution in [2.75, 3.05) is 0 Å². The number of aliphatic hydroxyl groups excluding tert-OH is 1. The van der Waals surface area contributed by atoms with E-state index in [1.165, 1.54) is 12.8 Å². The Morgan fingerprint density at radius 1 is 1.23 bits per heavy atom. The zero-order valence-electron chi connectivity index (χ0n) is 14.9. The van der Waals surface area contributed by atoms with Crippen LogP contribution in [-0.4, -0.2) is 21.9 Å². The summed E-state index contributed by atoms with van der Waals surface area (Å²) in [5.41, 5.74) is 0.329. The van der Waals surface area contributed by atoms with E-state index >= 15 is 0 Å². The van der Waals surface area contributed by atoms with E-state index in [0.29, 0.717) is 5.92 Å². The lowest BCUT2D eigenvalue weighted by molar-refractivity contribution is -0.220. The van der Waals surface area contributed by atoms with Gasteiger partial charge >= 0.3 is 0 Å². The molecule has 0 aromatic heterocycles. The molecule has 0 amide bonds. The number of aliphatic hydroxyl groups is 2. The first-order chi connectivity index (χ1) is 10.1. The molecular weight excluding hydrogens is 272 g/mol. The van der Waals surface area contributed by atoms with E-state index in [2.05, 4.69) is 33.9 Å². The Morgan fingerprint density at radius 3 is 2.45 bits per heavy atom. The van der Waals surface area contributed by atoms with Crippen LogP contribution in [0.25, 0.3) is 0 Å². The van der Waals surface area contributed by atoms with Gasteiger partial charge in [-0.3, -0.25) is 0 Å². The van der Waals surface area contributed by atoms with Crippen LogP contribution in [0.3, 0.4) is 0 Å². The van der Waals surface area contributed by atoms with Crippen molar-refractivity contribution in [2.45, 2.75) is 77.9 Å². The number of hydrogen-bond acceptors (Lipinski definition) is 2. The van der Waals surface area contributed by atoms with Crippen molar-refractivity contribution in [3.8, 4) is 0 Å². The Morgan fingerprint density at radius 2 is 1.86 bits per heavy atom. The maximum atomic E-state index is 11.1. The van der Waals surface area contributed by atoms with Gasteiger partial charge in [-0.1, -0.05) is 52.0 Å². The summed E-state index contributed by atoms with van der Waals surface area (Å²) >= 11 is 0. The Bertz CT molecular complexity index is 449. The van der Waals surface area contributed by atoms with E-state index in [-0.39, 0.29) is 16.7 Å². The van der Waals surface area contributed by atoms with Crippen LogP contribution in [0.2, 0.25) is 0 Å². The van der Waals surface area contributed by atoms with Crippen LogP contribution in [-0.2, 0) is 0 Å². The average Bonchev–Trinajstić information content (AvgIpc) is 2.40. The number of fused-ring (bicyclic) bond motifs is 1. The maximum absolute atomic E-state index is 11.1. The molecule has 2 rings (SSSR count). The molecule has 126 valence electrons. The molecule has 0 aliphatic heterocycles. The number of hydrogen-bond donors (Lipinski definition) is 2. The predicted molar refractivity (Wildman–Crippen MR) is 92.5 cm³/mol. The molecule has 2 aliphatic rings. The molecule has 2 nitrogen and oxygen atoms in total. The summed E-state index contributed by atoms with van der Waals surface area (Å²) in [5.74, 6) is 0.566. The molecule has 22 heavy (non-hydrogen) atoms. The molecule has 0 aromatic rings. The highest BCUT2D eigenvalue weighted by molar-refractivity contribution is 5.14. The number of rotatable bonds is 4. The Hall–Kier alpha value is -0.600. The van der Waals surface area contributed by atoms with Gasteiger partial charge in [0.15, 0.2) is 0 Å². The summed E-state index contributed by atoms with van der Waals surface area (Å²) in [6.07, 6.45) is 7.19. The van der Waals surface area contributed by atoms with Gasteiger partial charge in [-0.05, 0) is 61.7 Å². The van der Waals surface area contributed by atoms with Gasteiger partial charge in [0.1, 0.15) is 0 Å². The zero-order chi connectivity index (χ0) is 16.8. The zero-order valence-corrected chi connectivity index (χ0v) is 14.9. The molecule has 2 heteroatoms. The molecule has 2 saturated carbocycles. The minimum Gasteiger partial charge on any atom is -0.390 e. The topological polar surface area (TPSA) is 40.5 Å². The standard InChI is InChI=1S/C20H34O2/c1-7-14(2)9-10-15-19(5)12-8-11-18(3,4)16(19)13-17(21)20(15,6)22/h7,15-17,21-22H,1-2,8-13H2,3-6H3. The van der Waals surface area contributed by atoms with Gasteiger partial charge < -0.3 is 10.2 Å². The minimum atomic E-state index is -1.01. The van der Waals surface area contributed by atoms with Gasteiger partial charge in [-0.2, -0.15) is 0 Å². The summed E-state index contributed by atoms with van der Waals surface area (Å²) < 4.78 is 0. The fraction of sp³-hybridized carbons (Fsp3) is 0.800. The first kappa shape index (κ1) is 17.7. The van der Waals surface area contributed by atoms with Crippen LogP contribution in [0.1, 0.15) is 66.2 Å². The smallest absolute Gasteiger partial charge is 0.0910 e. The van der Waals surface area contributed by atoms with E-state index in [9.17, 15) is 10.2 Å². The van der Waals surface area contributed by atoms with Crippen molar-refractivity contribution >= 4 is 0 Å². The molecule has 0 bridgehead atoms. The number of allylic oxidation sites excluding steroid dienone is 2. The van der Waals surface area contributed by atoms with E-state index in [4.69, 9.17) is 0 Å². The normalized spacial score (nSPS) is 44.2. The quantitative estimate of drug-likeness (QED) is 0.752. The predicted octanol–water partition coefficient (Wildman–Crippen LogP) is 4.47. The molecule has 0 spiro atoms. The maximum Gasteiger partial charge on any atom is 0.0910 e. The lowest BCUT2D eigenvalue weighted by Crippen LogP contribution is -2.63. The van der Waals surface area contributed by atoms with Crippen LogP contribution < -0.4 is 0 Å². The highest BCUT2D eigenvalue weighted by Gasteiger charge is 2.60. The fourth-order valence-corrected chi connectivity index (χ4v) is 5.59. The van der Waals surface area contributed by atoms with Gasteiger partial charge in [0.2, 0.25) is 0 Å². The highest BCUT2D eigenvalue weighted by atomic mass is 16.3. The van der Waals surface area contributed by atoms with Crippen molar-refractivity contribution in [2.24, 2.45) is 22.7 Å². The van der Waals surface area contributed by atoms with E-state index in [1.807, 2.05) is 6.92 Å². The van der Waals surface area contributed by atoms with Crippen LogP contribution in [0.4, 0.5) is 0 Å². The first-order valence-corrected chi connectivity index (χ1v) is 8.76.